The number of nitrogens with one attached hydrogen (secondary N) is 1. The van der Waals surface area contributed by atoms with Crippen molar-refractivity contribution in [2.24, 2.45) is 0 Å². The van der Waals surface area contributed by atoms with Crippen molar-refractivity contribution >= 4 is 0 Å². The minimum Gasteiger partial charge on any atom is -0.387 e. The summed E-state index contributed by atoms with van der Waals surface area (Å²) in [6.07, 6.45) is -5.44. The predicted octanol–water partition coefficient (Wildman–Crippen LogP) is 2.28. The van der Waals surface area contributed by atoms with Crippen LogP contribution in [0.15, 0.2) is 24.3 Å². The number of rotatable bonds is 5. The summed E-state index contributed by atoms with van der Waals surface area (Å²) in [5, 5.41) is 9.63. The van der Waals surface area contributed by atoms with Crippen molar-refractivity contribution in [3.63, 3.8) is 0 Å². The molecule has 0 heterocycles. The molecule has 1 aromatic carbocycles. The molecule has 1 aromatic rings. The van der Waals surface area contributed by atoms with Gasteiger partial charge >= 0.3 is 6.18 Å². The quantitative estimate of drug-likeness (QED) is 0.621. The van der Waals surface area contributed by atoms with Gasteiger partial charge in [-0.25, -0.2) is 0 Å². The molecule has 0 aliphatic carbocycles. The Morgan fingerprint density at radius 1 is 1.41 bits per heavy atom. The maximum absolute atomic E-state index is 12.4. The van der Waals surface area contributed by atoms with Crippen molar-refractivity contribution < 1.29 is 23.1 Å². The van der Waals surface area contributed by atoms with Gasteiger partial charge in [-0.3, -0.25) is 0 Å². The van der Waals surface area contributed by atoms with Crippen LogP contribution < -0.4 is 5.48 Å². The lowest BCUT2D eigenvalue weighted by Crippen LogP contribution is -2.22. The first-order valence-electron chi connectivity index (χ1n) is 5.15. The zero-order valence-electron chi connectivity index (χ0n) is 9.29. The van der Waals surface area contributed by atoms with Crippen LogP contribution in [-0.2, 0) is 11.0 Å². The van der Waals surface area contributed by atoms with Crippen LogP contribution in [0.3, 0.4) is 0 Å². The van der Waals surface area contributed by atoms with Gasteiger partial charge < -0.3 is 9.94 Å². The molecule has 96 valence electrons. The molecule has 0 amide bonds. The third-order valence-electron chi connectivity index (χ3n) is 2.12. The number of benzene rings is 1. The molecule has 0 aromatic heterocycles. The molecule has 1 atom stereocenters. The summed E-state index contributed by atoms with van der Waals surface area (Å²) < 4.78 is 37.2. The first kappa shape index (κ1) is 14.0. The van der Waals surface area contributed by atoms with E-state index in [0.29, 0.717) is 6.61 Å². The molecule has 0 aliphatic rings. The Labute approximate surface area is 97.2 Å². The minimum atomic E-state index is -4.40. The molecule has 0 saturated carbocycles. The Morgan fingerprint density at radius 2 is 2.12 bits per heavy atom. The summed E-state index contributed by atoms with van der Waals surface area (Å²) in [6.45, 7) is 2.20. The highest BCUT2D eigenvalue weighted by Gasteiger charge is 2.30. The van der Waals surface area contributed by atoms with Crippen molar-refractivity contribution in [3.8, 4) is 0 Å². The molecule has 1 unspecified atom stereocenters. The van der Waals surface area contributed by atoms with Crippen molar-refractivity contribution in [2.75, 3.05) is 13.2 Å². The van der Waals surface area contributed by atoms with E-state index in [0.717, 1.165) is 12.1 Å². The number of hydrogen-bond acceptors (Lipinski definition) is 3. The average Bonchev–Trinajstić information content (AvgIpc) is 2.28. The van der Waals surface area contributed by atoms with Crippen molar-refractivity contribution in [2.45, 2.75) is 19.2 Å². The van der Waals surface area contributed by atoms with E-state index in [1.165, 1.54) is 12.1 Å². The fraction of sp³-hybridized carbons (Fsp3) is 0.455. The second kappa shape index (κ2) is 6.00. The van der Waals surface area contributed by atoms with Crippen LogP contribution in [0.4, 0.5) is 13.2 Å². The van der Waals surface area contributed by atoms with Crippen LogP contribution in [0.2, 0.25) is 0 Å². The summed E-state index contributed by atoms with van der Waals surface area (Å²) in [4.78, 5) is 4.79. The SMILES string of the molecule is CCONCC(O)c1cccc(C(F)(F)F)c1. The maximum Gasteiger partial charge on any atom is 0.416 e. The number of aliphatic hydroxyl groups excluding tert-OH is 1. The second-order valence-corrected chi connectivity index (χ2v) is 3.42. The van der Waals surface area contributed by atoms with Crippen LogP contribution in [-0.4, -0.2) is 18.3 Å². The lowest BCUT2D eigenvalue weighted by Gasteiger charge is -2.14. The highest BCUT2D eigenvalue weighted by atomic mass is 19.4. The fourth-order valence-corrected chi connectivity index (χ4v) is 1.28. The summed E-state index contributed by atoms with van der Waals surface area (Å²) >= 11 is 0. The van der Waals surface area contributed by atoms with Gasteiger partial charge in [0.15, 0.2) is 0 Å². The molecular formula is C11H14F3NO2. The highest BCUT2D eigenvalue weighted by Crippen LogP contribution is 2.30. The molecule has 0 bridgehead atoms. The van der Waals surface area contributed by atoms with E-state index in [1.807, 2.05) is 0 Å². The van der Waals surface area contributed by atoms with E-state index in [-0.39, 0.29) is 12.1 Å². The standard InChI is InChI=1S/C11H14F3NO2/c1-2-17-15-7-10(16)8-4-3-5-9(6-8)11(12,13)14/h3-6,10,15-16H,2,7H2,1H3. The van der Waals surface area contributed by atoms with Crippen LogP contribution in [0.5, 0.6) is 0 Å². The third-order valence-corrected chi connectivity index (χ3v) is 2.12. The molecule has 3 nitrogen and oxygen atoms in total. The predicted molar refractivity (Wildman–Crippen MR) is 56.0 cm³/mol. The Morgan fingerprint density at radius 3 is 2.71 bits per heavy atom. The van der Waals surface area contributed by atoms with Gasteiger partial charge in [0.1, 0.15) is 0 Å². The van der Waals surface area contributed by atoms with E-state index in [9.17, 15) is 18.3 Å². The Bertz CT molecular complexity index is 355. The Balaban J connectivity index is 2.71. The molecule has 17 heavy (non-hydrogen) atoms. The van der Waals surface area contributed by atoms with Crippen LogP contribution >= 0.6 is 0 Å². The first-order chi connectivity index (χ1) is 7.95. The van der Waals surface area contributed by atoms with Crippen molar-refractivity contribution in [3.05, 3.63) is 35.4 Å². The van der Waals surface area contributed by atoms with E-state index in [4.69, 9.17) is 4.84 Å². The van der Waals surface area contributed by atoms with Gasteiger partial charge in [-0.1, -0.05) is 12.1 Å². The van der Waals surface area contributed by atoms with E-state index < -0.39 is 17.8 Å². The number of hydrogen-bond donors (Lipinski definition) is 2. The van der Waals surface area contributed by atoms with Crippen LogP contribution in [0, 0.1) is 0 Å². The normalized spacial score (nSPS) is 13.7. The van der Waals surface area contributed by atoms with Gasteiger partial charge in [-0.2, -0.15) is 18.7 Å². The Kier molecular flexibility index (Phi) is 4.92. The van der Waals surface area contributed by atoms with Gasteiger partial charge in [0.2, 0.25) is 0 Å². The number of halogens is 3. The minimum absolute atomic E-state index is 0.0369. The molecule has 2 N–H and O–H groups in total. The average molecular weight is 249 g/mol. The molecular weight excluding hydrogens is 235 g/mol. The van der Waals surface area contributed by atoms with E-state index in [1.54, 1.807) is 6.92 Å². The fourth-order valence-electron chi connectivity index (χ4n) is 1.28. The number of hydroxylamine groups is 1. The topological polar surface area (TPSA) is 41.5 Å². The summed E-state index contributed by atoms with van der Waals surface area (Å²) in [5.41, 5.74) is 1.89. The molecule has 0 radical (unpaired) electrons. The summed E-state index contributed by atoms with van der Waals surface area (Å²) in [5.74, 6) is 0. The zero-order valence-corrected chi connectivity index (χ0v) is 9.29. The van der Waals surface area contributed by atoms with Crippen molar-refractivity contribution in [1.29, 1.82) is 0 Å². The Hall–Kier alpha value is -1.11. The van der Waals surface area contributed by atoms with Gasteiger partial charge in [-0.15, -0.1) is 0 Å². The van der Waals surface area contributed by atoms with Crippen LogP contribution in [0.1, 0.15) is 24.2 Å². The van der Waals surface area contributed by atoms with E-state index >= 15 is 0 Å². The molecule has 0 aliphatic heterocycles. The smallest absolute Gasteiger partial charge is 0.387 e. The number of aliphatic hydroxyl groups is 1. The van der Waals surface area contributed by atoms with Crippen molar-refractivity contribution in [1.82, 2.24) is 5.48 Å². The molecule has 0 saturated heterocycles. The van der Waals surface area contributed by atoms with Gasteiger partial charge in [0, 0.05) is 0 Å². The lowest BCUT2D eigenvalue weighted by atomic mass is 10.1. The van der Waals surface area contributed by atoms with Gasteiger partial charge in [-0.05, 0) is 24.6 Å². The zero-order chi connectivity index (χ0) is 12.9. The third kappa shape index (κ3) is 4.33. The van der Waals surface area contributed by atoms with Gasteiger partial charge in [0.05, 0.1) is 24.8 Å². The second-order valence-electron chi connectivity index (χ2n) is 3.42. The summed E-state index contributed by atoms with van der Waals surface area (Å²) in [7, 11) is 0. The molecule has 0 spiro atoms. The largest absolute Gasteiger partial charge is 0.416 e. The molecule has 1 rings (SSSR count). The summed E-state index contributed by atoms with van der Waals surface area (Å²) in [6, 6.07) is 4.60. The van der Waals surface area contributed by atoms with Gasteiger partial charge in [0.25, 0.3) is 0 Å². The monoisotopic (exact) mass is 249 g/mol. The highest BCUT2D eigenvalue weighted by molar-refractivity contribution is 5.27. The van der Waals surface area contributed by atoms with Crippen LogP contribution in [0.25, 0.3) is 0 Å². The lowest BCUT2D eigenvalue weighted by molar-refractivity contribution is -0.137. The van der Waals surface area contributed by atoms with E-state index in [2.05, 4.69) is 5.48 Å². The first-order valence-corrected chi connectivity index (χ1v) is 5.15. The number of alkyl halides is 3. The molecule has 0 fully saturated rings. The molecule has 6 heteroatoms. The maximum atomic E-state index is 12.4.